The third-order valence-corrected chi connectivity index (χ3v) is 2.61. The average molecular weight is 257 g/mol. The lowest BCUT2D eigenvalue weighted by molar-refractivity contribution is -0.117. The molecule has 0 aromatic heterocycles. The van der Waals surface area contributed by atoms with Crippen LogP contribution in [0.25, 0.3) is 0 Å². The molecule has 0 heterocycles. The van der Waals surface area contributed by atoms with Gasteiger partial charge in [-0.2, -0.15) is 10.5 Å². The third-order valence-electron chi connectivity index (χ3n) is 2.61. The van der Waals surface area contributed by atoms with Gasteiger partial charge < -0.3 is 11.1 Å². The highest BCUT2D eigenvalue weighted by atomic mass is 16.2. The molecule has 1 aromatic carbocycles. The van der Waals surface area contributed by atoms with E-state index in [-0.39, 0.29) is 25.5 Å². The summed E-state index contributed by atoms with van der Waals surface area (Å²) < 4.78 is 0. The van der Waals surface area contributed by atoms with Crippen LogP contribution in [-0.2, 0) is 4.79 Å². The number of nitriles is 2. The van der Waals surface area contributed by atoms with Gasteiger partial charge in [0.15, 0.2) is 0 Å². The van der Waals surface area contributed by atoms with E-state index < -0.39 is 0 Å². The van der Waals surface area contributed by atoms with Crippen LogP contribution in [0.4, 0.5) is 11.4 Å². The maximum atomic E-state index is 11.8. The van der Waals surface area contributed by atoms with E-state index in [4.69, 9.17) is 16.3 Å². The fraction of sp³-hybridized carbons (Fsp3) is 0.308. The number of nitrogens with two attached hydrogens (primary N) is 1. The molecule has 0 saturated carbocycles. The van der Waals surface area contributed by atoms with Crippen molar-refractivity contribution < 1.29 is 4.79 Å². The molecule has 6 nitrogen and oxygen atoms in total. The first-order valence-electron chi connectivity index (χ1n) is 5.69. The highest BCUT2D eigenvalue weighted by Crippen LogP contribution is 2.20. The lowest BCUT2D eigenvalue weighted by Crippen LogP contribution is -2.34. The van der Waals surface area contributed by atoms with E-state index >= 15 is 0 Å². The number of carbonyl (C=O) groups is 1. The Morgan fingerprint density at radius 1 is 1.37 bits per heavy atom. The monoisotopic (exact) mass is 257 g/mol. The van der Waals surface area contributed by atoms with Gasteiger partial charge in [0.1, 0.15) is 0 Å². The maximum Gasteiger partial charge on any atom is 0.238 e. The number of carbonyl (C=O) groups excluding carboxylic acids is 1. The van der Waals surface area contributed by atoms with Gasteiger partial charge in [0.25, 0.3) is 0 Å². The van der Waals surface area contributed by atoms with Crippen LogP contribution in [0.3, 0.4) is 0 Å². The van der Waals surface area contributed by atoms with E-state index in [1.54, 1.807) is 18.2 Å². The van der Waals surface area contributed by atoms with E-state index in [2.05, 4.69) is 5.32 Å². The van der Waals surface area contributed by atoms with Crippen LogP contribution in [0.1, 0.15) is 5.56 Å². The van der Waals surface area contributed by atoms with Crippen molar-refractivity contribution in [3.63, 3.8) is 0 Å². The molecule has 0 atom stereocenters. The topological polar surface area (TPSA) is 106 Å². The largest absolute Gasteiger partial charge is 0.398 e. The van der Waals surface area contributed by atoms with Crippen LogP contribution in [-0.4, -0.2) is 30.4 Å². The van der Waals surface area contributed by atoms with E-state index in [1.807, 2.05) is 19.1 Å². The van der Waals surface area contributed by atoms with Crippen molar-refractivity contribution in [2.75, 3.05) is 30.7 Å². The molecule has 0 spiro atoms. The smallest absolute Gasteiger partial charge is 0.238 e. The highest BCUT2D eigenvalue weighted by molar-refractivity contribution is 5.93. The minimum atomic E-state index is -0.279. The summed E-state index contributed by atoms with van der Waals surface area (Å²) >= 11 is 0. The molecule has 0 aliphatic heterocycles. The normalized spacial score (nSPS) is 9.68. The Kier molecular flexibility index (Phi) is 5.34. The van der Waals surface area contributed by atoms with Crippen LogP contribution in [0.15, 0.2) is 18.2 Å². The second kappa shape index (κ2) is 7.00. The Morgan fingerprint density at radius 3 is 2.58 bits per heavy atom. The molecule has 0 fully saturated rings. The number of rotatable bonds is 5. The number of nitrogen functional groups attached to an aromatic ring is 1. The minimum absolute atomic E-state index is 0.00460. The predicted molar refractivity (Wildman–Crippen MR) is 71.9 cm³/mol. The molecule has 0 aliphatic carbocycles. The zero-order valence-electron chi connectivity index (χ0n) is 10.7. The Labute approximate surface area is 112 Å². The molecule has 0 unspecified atom stereocenters. The molecule has 1 aromatic rings. The molecule has 0 saturated heterocycles. The number of nitrogens with one attached hydrogen (secondary N) is 1. The number of hydrogen-bond donors (Lipinski definition) is 2. The van der Waals surface area contributed by atoms with Crippen molar-refractivity contribution in [3.05, 3.63) is 23.8 Å². The highest BCUT2D eigenvalue weighted by Gasteiger charge is 2.11. The first-order valence-corrected chi connectivity index (χ1v) is 5.69. The van der Waals surface area contributed by atoms with E-state index in [1.165, 1.54) is 4.90 Å². The molecule has 0 radical (unpaired) electrons. The van der Waals surface area contributed by atoms with Crippen molar-refractivity contribution in [2.45, 2.75) is 6.92 Å². The van der Waals surface area contributed by atoms with Crippen molar-refractivity contribution in [1.29, 1.82) is 10.5 Å². The summed E-state index contributed by atoms with van der Waals surface area (Å²) in [5.74, 6) is -0.279. The first-order chi connectivity index (χ1) is 9.08. The minimum Gasteiger partial charge on any atom is -0.398 e. The van der Waals surface area contributed by atoms with Gasteiger partial charge in [-0.05, 0) is 24.6 Å². The van der Waals surface area contributed by atoms with Crippen molar-refractivity contribution in [3.8, 4) is 12.1 Å². The van der Waals surface area contributed by atoms with Gasteiger partial charge in [-0.3, -0.25) is 9.69 Å². The molecule has 0 bridgehead atoms. The molecular weight excluding hydrogens is 242 g/mol. The molecule has 1 amide bonds. The zero-order valence-corrected chi connectivity index (χ0v) is 10.7. The third kappa shape index (κ3) is 4.30. The average Bonchev–Trinajstić information content (AvgIpc) is 2.35. The van der Waals surface area contributed by atoms with Crippen LogP contribution in [0.2, 0.25) is 0 Å². The van der Waals surface area contributed by atoms with Gasteiger partial charge in [-0.25, -0.2) is 0 Å². The van der Waals surface area contributed by atoms with Gasteiger partial charge in [0, 0.05) is 11.4 Å². The number of hydrogen-bond acceptors (Lipinski definition) is 5. The summed E-state index contributed by atoms with van der Waals surface area (Å²) in [5, 5.41) is 19.9. The van der Waals surface area contributed by atoms with Crippen molar-refractivity contribution in [2.24, 2.45) is 0 Å². The molecule has 3 N–H and O–H groups in total. The molecule has 1 rings (SSSR count). The maximum absolute atomic E-state index is 11.8. The zero-order chi connectivity index (χ0) is 14.3. The van der Waals surface area contributed by atoms with Crippen LogP contribution in [0.5, 0.6) is 0 Å². The number of anilines is 2. The lowest BCUT2D eigenvalue weighted by Gasteiger charge is -2.16. The predicted octanol–water partition coefficient (Wildman–Crippen LogP) is 0.865. The molecular formula is C13H15N5O. The summed E-state index contributed by atoms with van der Waals surface area (Å²) in [4.78, 5) is 13.3. The number of benzene rings is 1. The molecule has 6 heteroatoms. The Hall–Kier alpha value is -2.57. The van der Waals surface area contributed by atoms with Crippen molar-refractivity contribution >= 4 is 17.3 Å². The van der Waals surface area contributed by atoms with Gasteiger partial charge in [0.2, 0.25) is 5.91 Å². The lowest BCUT2D eigenvalue weighted by atomic mass is 10.1. The van der Waals surface area contributed by atoms with E-state index in [0.29, 0.717) is 11.4 Å². The Bertz CT molecular complexity index is 525. The molecule has 0 aliphatic rings. The van der Waals surface area contributed by atoms with Crippen LogP contribution in [0, 0.1) is 29.6 Å². The molecule has 98 valence electrons. The number of amides is 1. The summed E-state index contributed by atoms with van der Waals surface area (Å²) in [6, 6.07) is 9.09. The quantitative estimate of drug-likeness (QED) is 0.601. The summed E-state index contributed by atoms with van der Waals surface area (Å²) in [6.45, 7) is 1.89. The fourth-order valence-electron chi connectivity index (χ4n) is 1.55. The van der Waals surface area contributed by atoms with Gasteiger partial charge in [-0.15, -0.1) is 0 Å². The molecule has 19 heavy (non-hydrogen) atoms. The second-order valence-corrected chi connectivity index (χ2v) is 4.03. The fourth-order valence-corrected chi connectivity index (χ4v) is 1.55. The van der Waals surface area contributed by atoms with E-state index in [0.717, 1.165) is 5.56 Å². The Morgan fingerprint density at radius 2 is 2.00 bits per heavy atom. The van der Waals surface area contributed by atoms with Crippen molar-refractivity contribution in [1.82, 2.24) is 4.90 Å². The van der Waals surface area contributed by atoms with Gasteiger partial charge in [-0.1, -0.05) is 6.07 Å². The second-order valence-electron chi connectivity index (χ2n) is 4.03. The number of nitrogens with zero attached hydrogens (tertiary/aromatic N) is 3. The van der Waals surface area contributed by atoms with E-state index in [9.17, 15) is 4.79 Å². The summed E-state index contributed by atoms with van der Waals surface area (Å²) in [5.41, 5.74) is 7.78. The van der Waals surface area contributed by atoms with Crippen LogP contribution < -0.4 is 11.1 Å². The SMILES string of the molecule is Cc1c(N)cccc1NC(=O)CN(CC#N)CC#N. The van der Waals surface area contributed by atoms with Crippen LogP contribution >= 0.6 is 0 Å². The Balaban J connectivity index is 2.67. The first kappa shape index (κ1) is 14.5. The van der Waals surface area contributed by atoms with Gasteiger partial charge >= 0.3 is 0 Å². The standard InChI is InChI=1S/C13H15N5O/c1-10-11(16)3-2-4-12(10)17-13(19)9-18(7-5-14)8-6-15/h2-4H,7-9,16H2,1H3,(H,17,19). The van der Waals surface area contributed by atoms with Gasteiger partial charge in [0.05, 0.1) is 31.8 Å². The summed E-state index contributed by atoms with van der Waals surface area (Å²) in [7, 11) is 0. The summed E-state index contributed by atoms with van der Waals surface area (Å²) in [6.07, 6.45) is 0.